The van der Waals surface area contributed by atoms with Crippen LogP contribution in [0, 0.1) is 0 Å². The zero-order valence-corrected chi connectivity index (χ0v) is 17.4. The lowest BCUT2D eigenvalue weighted by molar-refractivity contribution is -0.348. The van der Waals surface area contributed by atoms with E-state index in [2.05, 4.69) is 16.1 Å². The van der Waals surface area contributed by atoms with E-state index in [1.807, 2.05) is 0 Å². The van der Waals surface area contributed by atoms with Gasteiger partial charge in [-0.2, -0.15) is 43.5 Å². The molecule has 1 aromatic carbocycles. The number of rotatable bonds is 10. The van der Waals surface area contributed by atoms with Crippen LogP contribution in [0.15, 0.2) is 42.5 Å². The molecule has 0 aromatic heterocycles. The van der Waals surface area contributed by atoms with Gasteiger partial charge in [0.1, 0.15) is 5.57 Å². The average molecular weight is 529 g/mol. The number of halogens is 8. The zero-order valence-electron chi connectivity index (χ0n) is 16.5. The summed E-state index contributed by atoms with van der Waals surface area (Å²) in [6.45, 7) is -0.529. The summed E-state index contributed by atoms with van der Waals surface area (Å²) >= 11 is 0. The normalized spacial score (nSPS) is 14.7. The summed E-state index contributed by atoms with van der Waals surface area (Å²) in [6.07, 6.45) is -14.0. The van der Waals surface area contributed by atoms with Crippen molar-refractivity contribution in [2.75, 3.05) is 6.61 Å². The van der Waals surface area contributed by atoms with E-state index in [0.29, 0.717) is 0 Å². The molecule has 0 radical (unpaired) electrons. The van der Waals surface area contributed by atoms with Crippen molar-refractivity contribution in [3.05, 3.63) is 48.0 Å². The topological polar surface area (TPSA) is 119 Å². The largest absolute Gasteiger partial charge is 0.466 e. The number of nitrogens with one attached hydrogen (secondary N) is 1. The van der Waals surface area contributed by atoms with Gasteiger partial charge in [0, 0.05) is 6.54 Å². The van der Waals surface area contributed by atoms with Gasteiger partial charge in [-0.25, -0.2) is 4.79 Å². The summed E-state index contributed by atoms with van der Waals surface area (Å²) in [5, 5.41) is -3.50. The standard InChI is InChI=1S/C17H15F8NO7S/c1-10(16(20,21)22)12(27)33-15(17(23,24)25,32-8-7-14(18,19)34(29,30)31)13(28)26-9-11-5-3-2-4-6-11/h2-6H,1,7-9H2,(H,26,28)(H,29,30,31). The quantitative estimate of drug-likeness (QED) is 0.157. The summed E-state index contributed by atoms with van der Waals surface area (Å²) in [5.41, 5.74) is -2.33. The van der Waals surface area contributed by atoms with E-state index >= 15 is 0 Å². The Kier molecular flexibility index (Phi) is 8.79. The lowest BCUT2D eigenvalue weighted by Crippen LogP contribution is -2.62. The van der Waals surface area contributed by atoms with Crippen LogP contribution in [-0.2, 0) is 35.7 Å². The molecule has 1 unspecified atom stereocenters. The molecule has 0 saturated carbocycles. The van der Waals surface area contributed by atoms with Crippen LogP contribution in [0.2, 0.25) is 0 Å². The van der Waals surface area contributed by atoms with Gasteiger partial charge in [0.25, 0.3) is 0 Å². The first-order valence-corrected chi connectivity index (χ1v) is 10.1. The fourth-order valence-corrected chi connectivity index (χ4v) is 2.40. The second kappa shape index (κ2) is 10.2. The number of alkyl halides is 8. The maximum absolute atomic E-state index is 13.8. The highest BCUT2D eigenvalue weighted by atomic mass is 32.2. The molecule has 0 fully saturated rings. The van der Waals surface area contributed by atoms with Gasteiger partial charge in [-0.3, -0.25) is 9.35 Å². The maximum Gasteiger partial charge on any atom is 0.466 e. The highest BCUT2D eigenvalue weighted by Gasteiger charge is 2.67. The Morgan fingerprint density at radius 3 is 1.97 bits per heavy atom. The Hall–Kier alpha value is -2.79. The minimum Gasteiger partial charge on any atom is -0.412 e. The van der Waals surface area contributed by atoms with Crippen LogP contribution in [0.1, 0.15) is 12.0 Å². The predicted molar refractivity (Wildman–Crippen MR) is 95.4 cm³/mol. The smallest absolute Gasteiger partial charge is 0.412 e. The molecule has 0 spiro atoms. The second-order valence-corrected chi connectivity index (χ2v) is 7.91. The number of ether oxygens (including phenoxy) is 2. The molecule has 1 amide bonds. The first-order valence-electron chi connectivity index (χ1n) is 8.62. The van der Waals surface area contributed by atoms with E-state index in [1.54, 1.807) is 5.32 Å². The number of carbonyl (C=O) groups is 2. The fraction of sp³-hybridized carbons (Fsp3) is 0.412. The molecule has 1 atom stereocenters. The van der Waals surface area contributed by atoms with Crippen LogP contribution < -0.4 is 5.32 Å². The van der Waals surface area contributed by atoms with Gasteiger partial charge >= 0.3 is 45.4 Å². The van der Waals surface area contributed by atoms with Gasteiger partial charge in [-0.15, -0.1) is 0 Å². The third kappa shape index (κ3) is 7.10. The lowest BCUT2D eigenvalue weighted by Gasteiger charge is -2.33. The first-order chi connectivity index (χ1) is 15.2. The van der Waals surface area contributed by atoms with Gasteiger partial charge in [-0.05, 0) is 5.56 Å². The highest BCUT2D eigenvalue weighted by molar-refractivity contribution is 7.86. The van der Waals surface area contributed by atoms with Gasteiger partial charge in [0.15, 0.2) is 0 Å². The average Bonchev–Trinajstić information content (AvgIpc) is 2.68. The molecule has 34 heavy (non-hydrogen) atoms. The molecule has 0 saturated heterocycles. The molecule has 1 aromatic rings. The Labute approximate surface area is 186 Å². The predicted octanol–water partition coefficient (Wildman–Crippen LogP) is 3.11. The fourth-order valence-electron chi connectivity index (χ4n) is 2.05. The van der Waals surface area contributed by atoms with Gasteiger partial charge < -0.3 is 14.8 Å². The summed E-state index contributed by atoms with van der Waals surface area (Å²) in [5.74, 6) is -10.2. The molecule has 1 rings (SSSR count). The number of carbonyl (C=O) groups excluding carboxylic acids is 2. The third-order valence-electron chi connectivity index (χ3n) is 3.87. The van der Waals surface area contributed by atoms with Crippen LogP contribution in [0.4, 0.5) is 35.1 Å². The minimum atomic E-state index is -6.16. The Bertz CT molecular complexity index is 1010. The third-order valence-corrected chi connectivity index (χ3v) is 4.83. The van der Waals surface area contributed by atoms with Crippen molar-refractivity contribution in [3.63, 3.8) is 0 Å². The molecule has 2 N–H and O–H groups in total. The van der Waals surface area contributed by atoms with Gasteiger partial charge in [0.05, 0.1) is 13.0 Å². The van der Waals surface area contributed by atoms with E-state index in [4.69, 9.17) is 4.55 Å². The van der Waals surface area contributed by atoms with E-state index in [9.17, 15) is 53.1 Å². The van der Waals surface area contributed by atoms with Crippen molar-refractivity contribution >= 4 is 22.0 Å². The van der Waals surface area contributed by atoms with Crippen LogP contribution >= 0.6 is 0 Å². The van der Waals surface area contributed by atoms with Crippen molar-refractivity contribution in [2.45, 2.75) is 36.4 Å². The summed E-state index contributed by atoms with van der Waals surface area (Å²) in [7, 11) is -6.14. The van der Waals surface area contributed by atoms with Crippen LogP contribution in [-0.4, -0.2) is 54.8 Å². The van der Waals surface area contributed by atoms with Crippen molar-refractivity contribution < 1.29 is 67.2 Å². The molecule has 17 heteroatoms. The Morgan fingerprint density at radius 1 is 1.00 bits per heavy atom. The summed E-state index contributed by atoms with van der Waals surface area (Å²) < 4.78 is 143. The number of amides is 1. The highest BCUT2D eigenvalue weighted by Crippen LogP contribution is 2.38. The Morgan fingerprint density at radius 2 is 1.53 bits per heavy atom. The van der Waals surface area contributed by atoms with E-state index in [-0.39, 0.29) is 5.56 Å². The summed E-state index contributed by atoms with van der Waals surface area (Å²) in [4.78, 5) is 24.0. The molecule has 0 aliphatic heterocycles. The number of hydrogen-bond acceptors (Lipinski definition) is 6. The van der Waals surface area contributed by atoms with Gasteiger partial charge in [0.2, 0.25) is 0 Å². The molecule has 0 aliphatic carbocycles. The molecule has 0 aliphatic rings. The van der Waals surface area contributed by atoms with E-state index in [1.165, 1.54) is 30.3 Å². The molecular formula is C17H15F8NO7S. The molecular weight excluding hydrogens is 514 g/mol. The van der Waals surface area contributed by atoms with Crippen molar-refractivity contribution in [3.8, 4) is 0 Å². The van der Waals surface area contributed by atoms with E-state index in [0.717, 1.165) is 0 Å². The molecule has 8 nitrogen and oxygen atoms in total. The van der Waals surface area contributed by atoms with Crippen LogP contribution in [0.5, 0.6) is 0 Å². The maximum atomic E-state index is 13.8. The van der Waals surface area contributed by atoms with Crippen molar-refractivity contribution in [1.29, 1.82) is 0 Å². The summed E-state index contributed by atoms with van der Waals surface area (Å²) in [6, 6.07) is 6.91. The second-order valence-electron chi connectivity index (χ2n) is 6.36. The zero-order chi connectivity index (χ0) is 26.6. The molecule has 0 heterocycles. The monoisotopic (exact) mass is 529 g/mol. The van der Waals surface area contributed by atoms with Gasteiger partial charge in [-0.1, -0.05) is 36.9 Å². The molecule has 0 bridgehead atoms. The molecule has 192 valence electrons. The number of hydrogen-bond donors (Lipinski definition) is 2. The number of esters is 1. The SMILES string of the molecule is C=C(C(=O)OC(OCCC(F)(F)S(=O)(=O)O)(C(=O)NCc1ccccc1)C(F)(F)F)C(F)(F)F. The number of benzene rings is 1. The first kappa shape index (κ1) is 29.2. The van der Waals surface area contributed by atoms with Crippen LogP contribution in [0.25, 0.3) is 0 Å². The minimum absolute atomic E-state index is 0.163. The van der Waals surface area contributed by atoms with E-state index < -0.39 is 70.5 Å². The Balaban J connectivity index is 3.34. The lowest BCUT2D eigenvalue weighted by atomic mass is 10.2. The van der Waals surface area contributed by atoms with Crippen molar-refractivity contribution in [2.24, 2.45) is 0 Å². The van der Waals surface area contributed by atoms with Crippen LogP contribution in [0.3, 0.4) is 0 Å². The van der Waals surface area contributed by atoms with Crippen molar-refractivity contribution in [1.82, 2.24) is 5.32 Å².